The maximum Gasteiger partial charge on any atom is 0.274 e. The first-order valence-electron chi connectivity index (χ1n) is 9.05. The first-order valence-corrected chi connectivity index (χ1v) is 9.05. The Balaban J connectivity index is 1.58. The molecule has 1 aliphatic heterocycles. The maximum atomic E-state index is 13.1. The average Bonchev–Trinajstić information content (AvgIpc) is 2.95. The first kappa shape index (κ1) is 16.5. The second-order valence-electron chi connectivity index (χ2n) is 6.78. The van der Waals surface area contributed by atoms with Crippen molar-refractivity contribution < 1.29 is 4.79 Å². The smallest absolute Gasteiger partial charge is 0.274 e. The molecule has 132 valence electrons. The van der Waals surface area contributed by atoms with Crippen molar-refractivity contribution in [3.8, 4) is 0 Å². The summed E-state index contributed by atoms with van der Waals surface area (Å²) in [4.78, 5) is 26.9. The minimum atomic E-state index is -0.267. The first-order chi connectivity index (χ1) is 12.7. The summed E-state index contributed by atoms with van der Waals surface area (Å²) < 4.78 is 0. The molecule has 3 aromatic rings. The quantitative estimate of drug-likeness (QED) is 0.773. The number of fused-ring (bicyclic) bond motifs is 1. The molecular weight excluding hydrogens is 326 g/mol. The molecular formula is C21H21N3O2. The third-order valence-electron chi connectivity index (χ3n) is 5.18. The van der Waals surface area contributed by atoms with Crippen molar-refractivity contribution in [2.45, 2.75) is 25.2 Å². The van der Waals surface area contributed by atoms with Crippen LogP contribution in [0.15, 0.2) is 59.4 Å². The van der Waals surface area contributed by atoms with Crippen LogP contribution in [0.3, 0.4) is 0 Å². The van der Waals surface area contributed by atoms with Crippen molar-refractivity contribution in [1.82, 2.24) is 15.1 Å². The number of aromatic amines is 1. The van der Waals surface area contributed by atoms with Gasteiger partial charge in [-0.05, 0) is 36.8 Å². The number of amides is 1. The monoisotopic (exact) mass is 347 g/mol. The van der Waals surface area contributed by atoms with E-state index in [1.807, 2.05) is 17.0 Å². The van der Waals surface area contributed by atoms with E-state index in [9.17, 15) is 9.59 Å². The Labute approximate surface area is 151 Å². The van der Waals surface area contributed by atoms with Crippen molar-refractivity contribution in [1.29, 1.82) is 0 Å². The summed E-state index contributed by atoms with van der Waals surface area (Å²) in [6, 6.07) is 17.6. The van der Waals surface area contributed by atoms with E-state index in [-0.39, 0.29) is 11.5 Å². The number of carbonyl (C=O) groups is 1. The predicted molar refractivity (Wildman–Crippen MR) is 101 cm³/mol. The number of hydrogen-bond donors (Lipinski definition) is 1. The summed E-state index contributed by atoms with van der Waals surface area (Å²) in [6.07, 6.45) is 2.98. The van der Waals surface area contributed by atoms with Gasteiger partial charge < -0.3 is 4.90 Å². The summed E-state index contributed by atoms with van der Waals surface area (Å²) in [5.74, 6) is 0.375. The van der Waals surface area contributed by atoms with Gasteiger partial charge in [-0.15, -0.1) is 0 Å². The molecule has 0 radical (unpaired) electrons. The fourth-order valence-corrected chi connectivity index (χ4v) is 3.79. The third-order valence-corrected chi connectivity index (χ3v) is 5.18. The molecule has 0 saturated carbocycles. The molecule has 1 amide bonds. The summed E-state index contributed by atoms with van der Waals surface area (Å²) in [6.45, 7) is 1.42. The van der Waals surface area contributed by atoms with Gasteiger partial charge in [-0.25, -0.2) is 5.10 Å². The Hall–Kier alpha value is -2.95. The highest BCUT2D eigenvalue weighted by Crippen LogP contribution is 2.28. The van der Waals surface area contributed by atoms with E-state index in [1.54, 1.807) is 18.2 Å². The zero-order valence-electron chi connectivity index (χ0n) is 14.5. The van der Waals surface area contributed by atoms with Crippen LogP contribution in [0, 0.1) is 0 Å². The molecule has 1 N–H and O–H groups in total. The Morgan fingerprint density at radius 2 is 1.69 bits per heavy atom. The lowest BCUT2D eigenvalue weighted by atomic mass is 9.92. The van der Waals surface area contributed by atoms with Crippen LogP contribution < -0.4 is 5.56 Å². The van der Waals surface area contributed by atoms with Gasteiger partial charge in [-0.2, -0.15) is 5.10 Å². The van der Waals surface area contributed by atoms with Crippen LogP contribution in [0.2, 0.25) is 0 Å². The standard InChI is InChI=1S/C21H21N3O2/c25-20-18-11-5-4-10-17(18)19(22-23-20)21(26)24-13-6-9-16(12-14-24)15-7-2-1-3-8-15/h1-5,7-8,10-11,16H,6,9,12-14H2,(H,23,25). The SMILES string of the molecule is O=C(c1n[nH]c(=O)c2ccccc12)N1CCCC(c2ccccc2)CC1. The minimum Gasteiger partial charge on any atom is -0.337 e. The van der Waals surface area contributed by atoms with Crippen LogP contribution >= 0.6 is 0 Å². The maximum absolute atomic E-state index is 13.1. The Morgan fingerprint density at radius 3 is 2.50 bits per heavy atom. The molecule has 1 aliphatic rings. The van der Waals surface area contributed by atoms with Gasteiger partial charge in [-0.1, -0.05) is 48.5 Å². The molecule has 4 rings (SSSR count). The summed E-state index contributed by atoms with van der Waals surface area (Å²) in [7, 11) is 0. The van der Waals surface area contributed by atoms with E-state index in [0.29, 0.717) is 28.9 Å². The Kier molecular flexibility index (Phi) is 4.52. The molecule has 5 heteroatoms. The summed E-state index contributed by atoms with van der Waals surface area (Å²) >= 11 is 0. The van der Waals surface area contributed by atoms with Crippen LogP contribution in [0.5, 0.6) is 0 Å². The fourth-order valence-electron chi connectivity index (χ4n) is 3.79. The molecule has 1 unspecified atom stereocenters. The van der Waals surface area contributed by atoms with Gasteiger partial charge in [0.25, 0.3) is 11.5 Å². The Bertz CT molecular complexity index is 981. The number of rotatable bonds is 2. The fraction of sp³-hybridized carbons (Fsp3) is 0.286. The van der Waals surface area contributed by atoms with E-state index in [4.69, 9.17) is 0 Å². The van der Waals surface area contributed by atoms with Gasteiger partial charge in [0.15, 0.2) is 5.69 Å². The van der Waals surface area contributed by atoms with Crippen molar-refractivity contribution in [3.05, 3.63) is 76.2 Å². The average molecular weight is 347 g/mol. The number of nitrogens with one attached hydrogen (secondary N) is 1. The number of likely N-dealkylation sites (tertiary alicyclic amines) is 1. The van der Waals surface area contributed by atoms with Crippen LogP contribution in [0.4, 0.5) is 0 Å². The zero-order valence-corrected chi connectivity index (χ0v) is 14.5. The normalized spacial score (nSPS) is 17.8. The number of hydrogen-bond acceptors (Lipinski definition) is 3. The van der Waals surface area contributed by atoms with Gasteiger partial charge >= 0.3 is 0 Å². The number of carbonyl (C=O) groups excluding carboxylic acids is 1. The van der Waals surface area contributed by atoms with E-state index in [0.717, 1.165) is 25.8 Å². The lowest BCUT2D eigenvalue weighted by molar-refractivity contribution is 0.0756. The predicted octanol–water partition coefficient (Wildman–Crippen LogP) is 3.33. The van der Waals surface area contributed by atoms with Crippen LogP contribution in [-0.2, 0) is 0 Å². The zero-order chi connectivity index (χ0) is 17.9. The largest absolute Gasteiger partial charge is 0.337 e. The number of aromatic nitrogens is 2. The van der Waals surface area contributed by atoms with Gasteiger partial charge in [0.05, 0.1) is 5.39 Å². The minimum absolute atomic E-state index is 0.105. The van der Waals surface area contributed by atoms with Crippen LogP contribution in [-0.4, -0.2) is 34.1 Å². The molecule has 1 fully saturated rings. The van der Waals surface area contributed by atoms with Gasteiger partial charge in [0.2, 0.25) is 0 Å². The second-order valence-corrected chi connectivity index (χ2v) is 6.78. The van der Waals surface area contributed by atoms with Gasteiger partial charge in [0.1, 0.15) is 0 Å². The summed E-state index contributed by atoms with van der Waals surface area (Å²) in [5, 5.41) is 7.64. The topological polar surface area (TPSA) is 66.1 Å². The molecule has 0 bridgehead atoms. The molecule has 1 saturated heterocycles. The summed E-state index contributed by atoms with van der Waals surface area (Å²) in [5.41, 5.74) is 1.41. The van der Waals surface area contributed by atoms with E-state index in [1.165, 1.54) is 5.56 Å². The number of benzene rings is 2. The molecule has 1 aromatic heterocycles. The molecule has 0 spiro atoms. The van der Waals surface area contributed by atoms with E-state index >= 15 is 0 Å². The van der Waals surface area contributed by atoms with Crippen molar-refractivity contribution in [3.63, 3.8) is 0 Å². The van der Waals surface area contributed by atoms with Crippen LogP contribution in [0.1, 0.15) is 41.2 Å². The molecule has 1 atom stereocenters. The van der Waals surface area contributed by atoms with Crippen molar-refractivity contribution >= 4 is 16.7 Å². The molecule has 0 aliphatic carbocycles. The number of H-pyrrole nitrogens is 1. The van der Waals surface area contributed by atoms with E-state index in [2.05, 4.69) is 34.5 Å². The van der Waals surface area contributed by atoms with Crippen molar-refractivity contribution in [2.75, 3.05) is 13.1 Å². The molecule has 2 heterocycles. The molecule has 5 nitrogen and oxygen atoms in total. The highest BCUT2D eigenvalue weighted by molar-refractivity contribution is 6.04. The van der Waals surface area contributed by atoms with Gasteiger partial charge in [0, 0.05) is 18.5 Å². The second kappa shape index (κ2) is 7.12. The molecule has 2 aromatic carbocycles. The third kappa shape index (κ3) is 3.12. The van der Waals surface area contributed by atoms with Crippen LogP contribution in [0.25, 0.3) is 10.8 Å². The molecule has 26 heavy (non-hydrogen) atoms. The number of nitrogens with zero attached hydrogens (tertiary/aromatic N) is 2. The highest BCUT2D eigenvalue weighted by atomic mass is 16.2. The van der Waals surface area contributed by atoms with E-state index < -0.39 is 0 Å². The van der Waals surface area contributed by atoms with Gasteiger partial charge in [-0.3, -0.25) is 9.59 Å². The Morgan fingerprint density at radius 1 is 0.962 bits per heavy atom. The lowest BCUT2D eigenvalue weighted by Gasteiger charge is -2.20. The highest BCUT2D eigenvalue weighted by Gasteiger charge is 2.24. The van der Waals surface area contributed by atoms with Crippen molar-refractivity contribution in [2.24, 2.45) is 0 Å². The lowest BCUT2D eigenvalue weighted by Crippen LogP contribution is -2.33.